The van der Waals surface area contributed by atoms with Gasteiger partial charge < -0.3 is 4.74 Å². The number of rotatable bonds is 3. The fourth-order valence-electron chi connectivity index (χ4n) is 2.64. The number of allylic oxidation sites excluding steroid dienone is 1. The molecule has 0 aromatic rings. The lowest BCUT2D eigenvalue weighted by atomic mass is 9.53. The molecule has 0 N–H and O–H groups in total. The predicted molar refractivity (Wildman–Crippen MR) is 66.1 cm³/mol. The molecule has 0 spiro atoms. The monoisotopic (exact) mass is 224 g/mol. The predicted octanol–water partition coefficient (Wildman–Crippen LogP) is 3.57. The minimum absolute atomic E-state index is 0.0887. The summed E-state index contributed by atoms with van der Waals surface area (Å²) in [5, 5.41) is 0. The van der Waals surface area contributed by atoms with Crippen molar-refractivity contribution in [3.63, 3.8) is 0 Å². The van der Waals surface area contributed by atoms with E-state index in [1.165, 1.54) is 0 Å². The fraction of sp³-hybridized carbons (Fsp3) is 0.786. The normalized spacial score (nSPS) is 33.6. The van der Waals surface area contributed by atoms with Crippen LogP contribution in [0.2, 0.25) is 0 Å². The summed E-state index contributed by atoms with van der Waals surface area (Å²) in [5.74, 6) is 1.41. The van der Waals surface area contributed by atoms with Gasteiger partial charge in [0.1, 0.15) is 11.5 Å². The Labute approximate surface area is 99.1 Å². The van der Waals surface area contributed by atoms with Crippen LogP contribution < -0.4 is 0 Å². The van der Waals surface area contributed by atoms with Gasteiger partial charge in [0.05, 0.1) is 12.0 Å². The molecule has 2 atom stereocenters. The molecule has 2 nitrogen and oxygen atoms in total. The van der Waals surface area contributed by atoms with E-state index in [2.05, 4.69) is 27.4 Å². The Bertz CT molecular complexity index is 304. The van der Waals surface area contributed by atoms with Crippen molar-refractivity contribution in [3.05, 3.63) is 12.3 Å². The van der Waals surface area contributed by atoms with Crippen LogP contribution in [0.4, 0.5) is 0 Å². The third-order valence-corrected chi connectivity index (χ3v) is 4.76. The van der Waals surface area contributed by atoms with Crippen molar-refractivity contribution in [3.8, 4) is 0 Å². The number of hydrogen-bond acceptors (Lipinski definition) is 2. The number of ether oxygens (including phenoxy) is 1. The molecule has 1 rings (SSSR count). The maximum atomic E-state index is 12.3. The summed E-state index contributed by atoms with van der Waals surface area (Å²) in [6, 6.07) is 0. The number of carbonyl (C=O) groups is 1. The van der Waals surface area contributed by atoms with Gasteiger partial charge in [-0.25, -0.2) is 0 Å². The van der Waals surface area contributed by atoms with Crippen LogP contribution in [0.15, 0.2) is 12.3 Å². The number of hydrogen-bond donors (Lipinski definition) is 0. The molecule has 16 heavy (non-hydrogen) atoms. The lowest BCUT2D eigenvalue weighted by Gasteiger charge is -2.50. The van der Waals surface area contributed by atoms with E-state index in [4.69, 9.17) is 4.74 Å². The van der Waals surface area contributed by atoms with E-state index < -0.39 is 5.41 Å². The Hall–Kier alpha value is -0.790. The molecule has 0 aromatic carbocycles. The first-order valence-corrected chi connectivity index (χ1v) is 6.14. The SMILES string of the molecule is C=C(OCC)C1(C)C(=O)CCC(C)C1(C)C. The third kappa shape index (κ3) is 1.68. The van der Waals surface area contributed by atoms with Crippen LogP contribution in [0.25, 0.3) is 0 Å². The zero-order valence-corrected chi connectivity index (χ0v) is 11.2. The molecule has 0 saturated heterocycles. The zero-order valence-electron chi connectivity index (χ0n) is 11.2. The molecule has 0 amide bonds. The highest BCUT2D eigenvalue weighted by Crippen LogP contribution is 2.54. The molecule has 0 aliphatic heterocycles. The van der Waals surface area contributed by atoms with E-state index >= 15 is 0 Å². The van der Waals surface area contributed by atoms with Crippen molar-refractivity contribution in [2.45, 2.75) is 47.5 Å². The van der Waals surface area contributed by atoms with Crippen molar-refractivity contribution in [1.29, 1.82) is 0 Å². The molecule has 1 fully saturated rings. The van der Waals surface area contributed by atoms with E-state index in [9.17, 15) is 4.79 Å². The summed E-state index contributed by atoms with van der Waals surface area (Å²) in [6.07, 6.45) is 1.62. The van der Waals surface area contributed by atoms with Gasteiger partial charge in [-0.05, 0) is 31.6 Å². The van der Waals surface area contributed by atoms with E-state index in [1.54, 1.807) is 0 Å². The highest BCUT2D eigenvalue weighted by atomic mass is 16.5. The van der Waals surface area contributed by atoms with Crippen LogP contribution in [0.1, 0.15) is 47.5 Å². The van der Waals surface area contributed by atoms with E-state index in [0.29, 0.717) is 24.7 Å². The number of carbonyl (C=O) groups excluding carboxylic acids is 1. The van der Waals surface area contributed by atoms with E-state index in [1.807, 2.05) is 13.8 Å². The molecule has 1 saturated carbocycles. The lowest BCUT2D eigenvalue weighted by molar-refractivity contribution is -0.143. The summed E-state index contributed by atoms with van der Waals surface area (Å²) in [6.45, 7) is 15.0. The molecule has 0 radical (unpaired) electrons. The summed E-state index contributed by atoms with van der Waals surface area (Å²) in [7, 11) is 0. The Kier molecular flexibility index (Phi) is 3.51. The smallest absolute Gasteiger partial charge is 0.146 e. The maximum absolute atomic E-state index is 12.3. The van der Waals surface area contributed by atoms with E-state index in [0.717, 1.165) is 6.42 Å². The fourth-order valence-corrected chi connectivity index (χ4v) is 2.64. The Morgan fingerprint density at radius 3 is 2.56 bits per heavy atom. The molecular weight excluding hydrogens is 200 g/mol. The average Bonchev–Trinajstić information content (AvgIpc) is 2.22. The van der Waals surface area contributed by atoms with Gasteiger partial charge in [-0.15, -0.1) is 0 Å². The first-order valence-electron chi connectivity index (χ1n) is 6.14. The standard InChI is InChI=1S/C14H24O2/c1-7-16-11(3)14(6)12(15)9-8-10(2)13(14,4)5/h10H,3,7-9H2,1-2,4-6H3. The van der Waals surface area contributed by atoms with Gasteiger partial charge in [0.2, 0.25) is 0 Å². The van der Waals surface area contributed by atoms with Gasteiger partial charge in [0.25, 0.3) is 0 Å². The second kappa shape index (κ2) is 4.23. The third-order valence-electron chi connectivity index (χ3n) is 4.76. The van der Waals surface area contributed by atoms with Crippen LogP contribution in [-0.4, -0.2) is 12.4 Å². The summed E-state index contributed by atoms with van der Waals surface area (Å²) in [5.41, 5.74) is -0.630. The van der Waals surface area contributed by atoms with Crippen LogP contribution in [-0.2, 0) is 9.53 Å². The number of ketones is 1. The van der Waals surface area contributed by atoms with Gasteiger partial charge in [-0.1, -0.05) is 27.4 Å². The Morgan fingerprint density at radius 1 is 1.50 bits per heavy atom. The van der Waals surface area contributed by atoms with Gasteiger partial charge in [-0.3, -0.25) is 4.79 Å². The van der Waals surface area contributed by atoms with Gasteiger partial charge in [0, 0.05) is 6.42 Å². The van der Waals surface area contributed by atoms with Crippen LogP contribution in [0.3, 0.4) is 0 Å². The van der Waals surface area contributed by atoms with Crippen molar-refractivity contribution in [2.24, 2.45) is 16.7 Å². The second-order valence-electron chi connectivity index (χ2n) is 5.57. The van der Waals surface area contributed by atoms with Crippen molar-refractivity contribution < 1.29 is 9.53 Å². The molecule has 0 aromatic heterocycles. The van der Waals surface area contributed by atoms with Gasteiger partial charge >= 0.3 is 0 Å². The Balaban J connectivity index is 3.13. The lowest BCUT2D eigenvalue weighted by Crippen LogP contribution is -2.51. The molecule has 2 unspecified atom stereocenters. The second-order valence-corrected chi connectivity index (χ2v) is 5.57. The number of Topliss-reactive ketones (excluding diaryl/α,β-unsaturated/α-hetero) is 1. The highest BCUT2D eigenvalue weighted by Gasteiger charge is 2.54. The largest absolute Gasteiger partial charge is 0.498 e. The van der Waals surface area contributed by atoms with Gasteiger partial charge in [-0.2, -0.15) is 0 Å². The molecule has 2 heteroatoms. The average molecular weight is 224 g/mol. The summed E-state index contributed by atoms with van der Waals surface area (Å²) in [4.78, 5) is 12.3. The first-order chi connectivity index (χ1) is 7.28. The molecule has 92 valence electrons. The Morgan fingerprint density at radius 2 is 2.06 bits per heavy atom. The molecule has 1 aliphatic carbocycles. The molecule has 0 bridgehead atoms. The minimum Gasteiger partial charge on any atom is -0.498 e. The first kappa shape index (κ1) is 13.3. The minimum atomic E-state index is -0.541. The van der Waals surface area contributed by atoms with Gasteiger partial charge in [0.15, 0.2) is 0 Å². The van der Waals surface area contributed by atoms with E-state index in [-0.39, 0.29) is 11.2 Å². The van der Waals surface area contributed by atoms with Crippen molar-refractivity contribution in [2.75, 3.05) is 6.61 Å². The summed E-state index contributed by atoms with van der Waals surface area (Å²) < 4.78 is 5.52. The van der Waals surface area contributed by atoms with Crippen LogP contribution in [0.5, 0.6) is 0 Å². The van der Waals surface area contributed by atoms with Crippen molar-refractivity contribution >= 4 is 5.78 Å². The molecule has 0 heterocycles. The van der Waals surface area contributed by atoms with Crippen LogP contribution >= 0.6 is 0 Å². The molecule has 1 aliphatic rings. The quantitative estimate of drug-likeness (QED) is 0.685. The summed E-state index contributed by atoms with van der Waals surface area (Å²) >= 11 is 0. The highest BCUT2D eigenvalue weighted by molar-refractivity contribution is 5.88. The topological polar surface area (TPSA) is 26.3 Å². The molecular formula is C14H24O2. The zero-order chi connectivity index (χ0) is 12.6. The van der Waals surface area contributed by atoms with Crippen molar-refractivity contribution in [1.82, 2.24) is 0 Å². The maximum Gasteiger partial charge on any atom is 0.146 e. The van der Waals surface area contributed by atoms with Crippen LogP contribution in [0, 0.1) is 16.7 Å².